The number of halogens is 1. The summed E-state index contributed by atoms with van der Waals surface area (Å²) in [4.78, 5) is 12.3. The number of aryl methyl sites for hydroxylation is 2. The molecule has 1 aliphatic carbocycles. The van der Waals surface area contributed by atoms with E-state index in [0.717, 1.165) is 16.7 Å². The minimum Gasteiger partial charge on any atom is -0.378 e. The normalized spacial score (nSPS) is 17.0. The molecule has 2 aromatic carbocycles. The molecule has 0 saturated heterocycles. The first-order valence-corrected chi connectivity index (χ1v) is 9.78. The van der Waals surface area contributed by atoms with Gasteiger partial charge in [-0.3, -0.25) is 4.79 Å². The van der Waals surface area contributed by atoms with E-state index in [4.69, 9.17) is 4.18 Å². The van der Waals surface area contributed by atoms with E-state index in [1.54, 1.807) is 24.3 Å². The second kappa shape index (κ2) is 6.01. The quantitative estimate of drug-likeness (QED) is 0.700. The molecule has 0 radical (unpaired) electrons. The Morgan fingerprint density at radius 3 is 2.54 bits per heavy atom. The van der Waals surface area contributed by atoms with E-state index in [1.165, 1.54) is 6.07 Å². The predicted octanol–water partition coefficient (Wildman–Crippen LogP) is 4.52. The fourth-order valence-electron chi connectivity index (χ4n) is 3.15. The maximum atomic E-state index is 12.6. The van der Waals surface area contributed by atoms with Gasteiger partial charge in [-0.15, -0.1) is 0 Å². The Morgan fingerprint density at radius 2 is 1.88 bits per heavy atom. The van der Waals surface area contributed by atoms with Gasteiger partial charge in [0.2, 0.25) is 0 Å². The summed E-state index contributed by atoms with van der Waals surface area (Å²) in [6.07, 6.45) is 0.380. The van der Waals surface area contributed by atoms with Crippen LogP contribution < -0.4 is 4.18 Å². The molecule has 0 fully saturated rings. The zero-order chi connectivity index (χ0) is 17.6. The van der Waals surface area contributed by atoms with Crippen LogP contribution in [0.15, 0.2) is 39.7 Å². The highest BCUT2D eigenvalue weighted by Gasteiger charge is 2.33. The van der Waals surface area contributed by atoms with E-state index in [1.807, 2.05) is 20.8 Å². The van der Waals surface area contributed by atoms with Crippen LogP contribution in [0.3, 0.4) is 0 Å². The van der Waals surface area contributed by atoms with Gasteiger partial charge in [0.25, 0.3) is 0 Å². The molecule has 0 aromatic heterocycles. The first-order valence-electron chi connectivity index (χ1n) is 7.58. The Kier molecular flexibility index (Phi) is 4.30. The third-order valence-electron chi connectivity index (χ3n) is 4.24. The summed E-state index contributed by atoms with van der Waals surface area (Å²) in [7, 11) is -4.04. The van der Waals surface area contributed by atoms with Crippen LogP contribution in [0.4, 0.5) is 0 Å². The maximum absolute atomic E-state index is 12.6. The van der Waals surface area contributed by atoms with Crippen molar-refractivity contribution in [3.05, 3.63) is 57.1 Å². The minimum absolute atomic E-state index is 0.0425. The maximum Gasteiger partial charge on any atom is 0.340 e. The molecule has 4 nitrogen and oxygen atoms in total. The smallest absolute Gasteiger partial charge is 0.340 e. The van der Waals surface area contributed by atoms with Gasteiger partial charge in [-0.1, -0.05) is 19.1 Å². The van der Waals surface area contributed by atoms with Crippen LogP contribution in [0.5, 0.6) is 5.75 Å². The number of ketones is 1. The molecule has 126 valence electrons. The van der Waals surface area contributed by atoms with Gasteiger partial charge in [0.1, 0.15) is 4.90 Å². The molecular formula is C18H17BrO4S. The molecule has 0 aliphatic heterocycles. The third kappa shape index (κ3) is 2.89. The molecule has 0 bridgehead atoms. The van der Waals surface area contributed by atoms with Crippen molar-refractivity contribution in [2.24, 2.45) is 0 Å². The van der Waals surface area contributed by atoms with Gasteiger partial charge >= 0.3 is 10.1 Å². The average Bonchev–Trinajstić information content (AvgIpc) is 2.77. The molecule has 0 spiro atoms. The van der Waals surface area contributed by atoms with Crippen LogP contribution in [-0.4, -0.2) is 14.2 Å². The first kappa shape index (κ1) is 17.2. The molecule has 1 unspecified atom stereocenters. The van der Waals surface area contributed by atoms with Crippen molar-refractivity contribution in [3.8, 4) is 5.75 Å². The highest BCUT2D eigenvalue weighted by atomic mass is 79.9. The molecule has 3 rings (SSSR count). The topological polar surface area (TPSA) is 60.4 Å². The third-order valence-corrected chi connectivity index (χ3v) is 6.46. The minimum atomic E-state index is -4.04. The van der Waals surface area contributed by atoms with Crippen LogP contribution in [0.1, 0.15) is 46.3 Å². The Bertz CT molecular complexity index is 948. The second-order valence-corrected chi connectivity index (χ2v) is 8.54. The molecular weight excluding hydrogens is 392 g/mol. The average molecular weight is 409 g/mol. The van der Waals surface area contributed by atoms with Gasteiger partial charge in [0, 0.05) is 10.9 Å². The van der Waals surface area contributed by atoms with Crippen molar-refractivity contribution in [3.63, 3.8) is 0 Å². The summed E-state index contributed by atoms with van der Waals surface area (Å²) >= 11 is 3.27. The molecule has 0 saturated carbocycles. The standard InChI is InChI=1S/C18H17BrO4S/c1-10-4-7-16(13(19)8-10)24(21,22)23-15-6-5-11(2)17-12(3)9-14(20)18(15)17/h4-8,12H,9H2,1-3H3. The lowest BCUT2D eigenvalue weighted by Crippen LogP contribution is -2.13. The Morgan fingerprint density at radius 1 is 1.17 bits per heavy atom. The Balaban J connectivity index is 2.08. The van der Waals surface area contributed by atoms with Crippen LogP contribution in [0, 0.1) is 13.8 Å². The van der Waals surface area contributed by atoms with Crippen molar-refractivity contribution in [1.82, 2.24) is 0 Å². The number of carbonyl (C=O) groups is 1. The van der Waals surface area contributed by atoms with Gasteiger partial charge < -0.3 is 4.18 Å². The van der Waals surface area contributed by atoms with Crippen LogP contribution in [0.2, 0.25) is 0 Å². The van der Waals surface area contributed by atoms with Crippen molar-refractivity contribution in [1.29, 1.82) is 0 Å². The van der Waals surface area contributed by atoms with Crippen LogP contribution in [0.25, 0.3) is 0 Å². The summed E-state index contributed by atoms with van der Waals surface area (Å²) in [5.41, 5.74) is 3.19. The second-order valence-electron chi connectivity index (χ2n) is 6.17. The van der Waals surface area contributed by atoms with Crippen LogP contribution in [-0.2, 0) is 10.1 Å². The summed E-state index contributed by atoms with van der Waals surface area (Å²) < 4.78 is 31.1. The molecule has 24 heavy (non-hydrogen) atoms. The van der Waals surface area contributed by atoms with E-state index in [-0.39, 0.29) is 22.3 Å². The summed E-state index contributed by atoms with van der Waals surface area (Å²) in [5, 5.41) is 0. The molecule has 0 N–H and O–H groups in total. The largest absolute Gasteiger partial charge is 0.378 e. The number of hydrogen-bond donors (Lipinski definition) is 0. The Labute approximate surface area is 150 Å². The van der Waals surface area contributed by atoms with Gasteiger partial charge in [-0.05, 0) is 70.6 Å². The number of hydrogen-bond acceptors (Lipinski definition) is 4. The number of Topliss-reactive ketones (excluding diaryl/α,β-unsaturated/α-hetero) is 1. The molecule has 6 heteroatoms. The van der Waals surface area contributed by atoms with Crippen LogP contribution >= 0.6 is 15.9 Å². The fourth-order valence-corrected chi connectivity index (χ4v) is 5.24. The van der Waals surface area contributed by atoms with Gasteiger partial charge in [-0.2, -0.15) is 8.42 Å². The van der Waals surface area contributed by atoms with E-state index in [2.05, 4.69) is 15.9 Å². The van der Waals surface area contributed by atoms with Crippen molar-refractivity contribution in [2.45, 2.75) is 38.0 Å². The van der Waals surface area contributed by atoms with Gasteiger partial charge in [-0.25, -0.2) is 0 Å². The van der Waals surface area contributed by atoms with Crippen molar-refractivity contribution >= 4 is 31.8 Å². The number of rotatable bonds is 3. The van der Waals surface area contributed by atoms with Crippen molar-refractivity contribution < 1.29 is 17.4 Å². The van der Waals surface area contributed by atoms with E-state index in [9.17, 15) is 13.2 Å². The summed E-state index contributed by atoms with van der Waals surface area (Å²) in [6, 6.07) is 8.26. The number of carbonyl (C=O) groups excluding carboxylic acids is 1. The first-order chi connectivity index (χ1) is 11.2. The fraction of sp³-hybridized carbons (Fsp3) is 0.278. The van der Waals surface area contributed by atoms with Gasteiger partial charge in [0.05, 0.1) is 5.56 Å². The zero-order valence-electron chi connectivity index (χ0n) is 13.6. The van der Waals surface area contributed by atoms with Gasteiger partial charge in [0.15, 0.2) is 11.5 Å². The number of fused-ring (bicyclic) bond motifs is 1. The highest BCUT2D eigenvalue weighted by molar-refractivity contribution is 9.10. The molecule has 1 atom stereocenters. The highest BCUT2D eigenvalue weighted by Crippen LogP contribution is 2.41. The SMILES string of the molecule is Cc1ccc(S(=O)(=O)Oc2ccc(C)c3c2C(=O)CC3C)c(Br)c1. The number of benzene rings is 2. The molecule has 0 amide bonds. The Hall–Kier alpha value is -1.66. The zero-order valence-corrected chi connectivity index (χ0v) is 16.0. The summed E-state index contributed by atoms with van der Waals surface area (Å²) in [6.45, 7) is 5.75. The van der Waals surface area contributed by atoms with Crippen molar-refractivity contribution in [2.75, 3.05) is 0 Å². The van der Waals surface area contributed by atoms with E-state index in [0.29, 0.717) is 16.5 Å². The van der Waals surface area contributed by atoms with E-state index >= 15 is 0 Å². The summed E-state index contributed by atoms with van der Waals surface area (Å²) in [5.74, 6) is 0.108. The monoisotopic (exact) mass is 408 g/mol. The molecule has 0 heterocycles. The lowest BCUT2D eigenvalue weighted by atomic mass is 9.98. The lowest BCUT2D eigenvalue weighted by molar-refractivity contribution is 0.0989. The predicted molar refractivity (Wildman–Crippen MR) is 95.2 cm³/mol. The van der Waals surface area contributed by atoms with E-state index < -0.39 is 10.1 Å². The molecule has 1 aliphatic rings. The molecule has 2 aromatic rings. The lowest BCUT2D eigenvalue weighted by Gasteiger charge is -2.14.